The van der Waals surface area contributed by atoms with Crippen molar-refractivity contribution in [3.8, 4) is 0 Å². The van der Waals surface area contributed by atoms with Crippen molar-refractivity contribution in [2.45, 2.75) is 32.7 Å². The monoisotopic (exact) mass is 228 g/mol. The summed E-state index contributed by atoms with van der Waals surface area (Å²) >= 11 is 0. The van der Waals surface area contributed by atoms with E-state index in [0.717, 1.165) is 25.9 Å². The second-order valence-corrected chi connectivity index (χ2v) is 4.39. The number of methoxy groups -OCH3 is 1. The summed E-state index contributed by atoms with van der Waals surface area (Å²) in [5.41, 5.74) is 0. The predicted octanol–water partition coefficient (Wildman–Crippen LogP) is 0.989. The molecule has 0 bridgehead atoms. The molecule has 0 unspecified atom stereocenters. The summed E-state index contributed by atoms with van der Waals surface area (Å²) in [5.74, 6) is 0.0603. The van der Waals surface area contributed by atoms with Gasteiger partial charge < -0.3 is 15.0 Å². The van der Waals surface area contributed by atoms with Gasteiger partial charge in [0, 0.05) is 13.1 Å². The molecule has 1 atom stereocenters. The molecule has 0 aromatic carbocycles. The van der Waals surface area contributed by atoms with Crippen LogP contribution >= 0.6 is 0 Å². The molecule has 1 saturated heterocycles. The molecular weight excluding hydrogens is 208 g/mol. The second kappa shape index (κ2) is 5.72. The maximum Gasteiger partial charge on any atom is 0.407 e. The summed E-state index contributed by atoms with van der Waals surface area (Å²) in [6, 6.07) is -0.481. The van der Waals surface area contributed by atoms with Crippen LogP contribution in [0.4, 0.5) is 4.79 Å². The molecule has 5 nitrogen and oxygen atoms in total. The maximum absolute atomic E-state index is 12.1. The smallest absolute Gasteiger partial charge is 0.407 e. The molecule has 1 fully saturated rings. The number of nitrogens with zero attached hydrogens (tertiary/aromatic N) is 1. The largest absolute Gasteiger partial charge is 0.453 e. The zero-order valence-corrected chi connectivity index (χ0v) is 10.2. The third-order valence-corrected chi connectivity index (χ3v) is 2.81. The Morgan fingerprint density at radius 3 is 2.25 bits per heavy atom. The summed E-state index contributed by atoms with van der Waals surface area (Å²) in [7, 11) is 1.30. The van der Waals surface area contributed by atoms with E-state index in [1.807, 2.05) is 13.8 Å². The van der Waals surface area contributed by atoms with E-state index in [1.54, 1.807) is 4.90 Å². The van der Waals surface area contributed by atoms with Gasteiger partial charge in [0.05, 0.1) is 7.11 Å². The van der Waals surface area contributed by atoms with E-state index in [0.29, 0.717) is 0 Å². The molecule has 92 valence electrons. The van der Waals surface area contributed by atoms with Crippen LogP contribution in [-0.2, 0) is 9.53 Å². The highest BCUT2D eigenvalue weighted by Crippen LogP contribution is 2.13. The third-order valence-electron chi connectivity index (χ3n) is 2.81. The van der Waals surface area contributed by atoms with E-state index >= 15 is 0 Å². The van der Waals surface area contributed by atoms with Gasteiger partial charge in [-0.15, -0.1) is 0 Å². The fourth-order valence-electron chi connectivity index (χ4n) is 1.83. The summed E-state index contributed by atoms with van der Waals surface area (Å²) in [6.45, 7) is 5.42. The van der Waals surface area contributed by atoms with Gasteiger partial charge in [0.25, 0.3) is 0 Å². The van der Waals surface area contributed by atoms with Crippen molar-refractivity contribution < 1.29 is 14.3 Å². The lowest BCUT2D eigenvalue weighted by molar-refractivity contribution is -0.133. The third kappa shape index (κ3) is 3.12. The molecule has 0 spiro atoms. The Bertz CT molecular complexity index is 260. The number of hydrogen-bond donors (Lipinski definition) is 1. The highest BCUT2D eigenvalue weighted by atomic mass is 16.5. The van der Waals surface area contributed by atoms with Crippen LogP contribution < -0.4 is 5.32 Å². The summed E-state index contributed by atoms with van der Waals surface area (Å²) in [4.78, 5) is 25.0. The van der Waals surface area contributed by atoms with Crippen molar-refractivity contribution >= 4 is 12.0 Å². The number of carbonyl (C=O) groups excluding carboxylic acids is 2. The number of carbonyl (C=O) groups is 2. The average molecular weight is 228 g/mol. The van der Waals surface area contributed by atoms with E-state index < -0.39 is 12.1 Å². The van der Waals surface area contributed by atoms with E-state index in [1.165, 1.54) is 7.11 Å². The summed E-state index contributed by atoms with van der Waals surface area (Å²) < 4.78 is 4.52. The zero-order chi connectivity index (χ0) is 12.1. The Labute approximate surface area is 96.1 Å². The van der Waals surface area contributed by atoms with Crippen LogP contribution in [0.15, 0.2) is 0 Å². The molecule has 1 aliphatic heterocycles. The van der Waals surface area contributed by atoms with Crippen LogP contribution in [0, 0.1) is 5.92 Å². The van der Waals surface area contributed by atoms with Gasteiger partial charge in [0.15, 0.2) is 0 Å². The van der Waals surface area contributed by atoms with Crippen LogP contribution in [0.3, 0.4) is 0 Å². The van der Waals surface area contributed by atoms with Gasteiger partial charge in [-0.25, -0.2) is 4.79 Å². The topological polar surface area (TPSA) is 58.6 Å². The highest BCUT2D eigenvalue weighted by molar-refractivity contribution is 5.86. The van der Waals surface area contributed by atoms with Crippen molar-refractivity contribution in [1.82, 2.24) is 10.2 Å². The van der Waals surface area contributed by atoms with Crippen molar-refractivity contribution in [3.05, 3.63) is 0 Å². The first-order chi connectivity index (χ1) is 7.56. The normalized spacial score (nSPS) is 17.4. The highest BCUT2D eigenvalue weighted by Gasteiger charge is 2.30. The first kappa shape index (κ1) is 12.8. The molecule has 5 heteroatoms. The molecule has 0 aromatic heterocycles. The molecule has 0 aliphatic carbocycles. The Balaban J connectivity index is 2.61. The van der Waals surface area contributed by atoms with E-state index in [4.69, 9.17) is 0 Å². The van der Waals surface area contributed by atoms with Gasteiger partial charge in [-0.3, -0.25) is 4.79 Å². The number of nitrogens with one attached hydrogen (secondary N) is 1. The Morgan fingerprint density at radius 1 is 1.25 bits per heavy atom. The van der Waals surface area contributed by atoms with Crippen LogP contribution in [0.1, 0.15) is 26.7 Å². The maximum atomic E-state index is 12.1. The molecule has 1 aliphatic rings. The van der Waals surface area contributed by atoms with Gasteiger partial charge in [-0.05, 0) is 18.8 Å². The van der Waals surface area contributed by atoms with Gasteiger partial charge in [0.1, 0.15) is 6.04 Å². The molecule has 16 heavy (non-hydrogen) atoms. The molecule has 0 saturated carbocycles. The van der Waals surface area contributed by atoms with Crippen molar-refractivity contribution in [3.63, 3.8) is 0 Å². The molecule has 2 amide bonds. The lowest BCUT2D eigenvalue weighted by atomic mass is 10.0. The number of amides is 2. The Hall–Kier alpha value is -1.26. The number of alkyl carbamates (subject to hydrolysis) is 1. The number of hydrogen-bond acceptors (Lipinski definition) is 3. The van der Waals surface area contributed by atoms with Crippen molar-refractivity contribution in [2.75, 3.05) is 20.2 Å². The van der Waals surface area contributed by atoms with Crippen LogP contribution in [0.5, 0.6) is 0 Å². The second-order valence-electron chi connectivity index (χ2n) is 4.39. The minimum atomic E-state index is -0.550. The molecule has 0 radical (unpaired) electrons. The molecular formula is C11H20N2O3. The van der Waals surface area contributed by atoms with Gasteiger partial charge in [-0.1, -0.05) is 13.8 Å². The van der Waals surface area contributed by atoms with Crippen LogP contribution in [-0.4, -0.2) is 43.1 Å². The molecule has 0 aromatic rings. The molecule has 1 heterocycles. The summed E-state index contributed by atoms with van der Waals surface area (Å²) in [5, 5.41) is 2.59. The lowest BCUT2D eigenvalue weighted by Crippen LogP contribution is -2.50. The number of ether oxygens (including phenoxy) is 1. The number of likely N-dealkylation sites (tertiary alicyclic amines) is 1. The molecule has 1 rings (SSSR count). The zero-order valence-electron chi connectivity index (χ0n) is 10.2. The van der Waals surface area contributed by atoms with E-state index in [9.17, 15) is 9.59 Å². The minimum Gasteiger partial charge on any atom is -0.453 e. The van der Waals surface area contributed by atoms with Gasteiger partial charge in [0.2, 0.25) is 5.91 Å². The standard InChI is InChI=1S/C11H20N2O3/c1-8(2)9(12-11(15)16-3)10(14)13-6-4-5-7-13/h8-9H,4-7H2,1-3H3,(H,12,15)/t9-/m0/s1. The first-order valence-electron chi connectivity index (χ1n) is 5.69. The van der Waals surface area contributed by atoms with Gasteiger partial charge in [-0.2, -0.15) is 0 Å². The fourth-order valence-corrected chi connectivity index (χ4v) is 1.83. The van der Waals surface area contributed by atoms with E-state index in [2.05, 4.69) is 10.1 Å². The Morgan fingerprint density at radius 2 is 1.81 bits per heavy atom. The summed E-state index contributed by atoms with van der Waals surface area (Å²) in [6.07, 6.45) is 1.55. The van der Waals surface area contributed by atoms with Crippen molar-refractivity contribution in [2.24, 2.45) is 5.92 Å². The fraction of sp³-hybridized carbons (Fsp3) is 0.818. The Kier molecular flexibility index (Phi) is 4.58. The predicted molar refractivity (Wildman–Crippen MR) is 60.0 cm³/mol. The lowest BCUT2D eigenvalue weighted by Gasteiger charge is -2.26. The SMILES string of the molecule is COC(=O)N[C@H](C(=O)N1CCCC1)C(C)C. The van der Waals surface area contributed by atoms with Crippen molar-refractivity contribution in [1.29, 1.82) is 0 Å². The van der Waals surface area contributed by atoms with E-state index in [-0.39, 0.29) is 11.8 Å². The van der Waals surface area contributed by atoms with Gasteiger partial charge >= 0.3 is 6.09 Å². The first-order valence-corrected chi connectivity index (χ1v) is 5.69. The van der Waals surface area contributed by atoms with Crippen LogP contribution in [0.2, 0.25) is 0 Å². The molecule has 1 N–H and O–H groups in total. The number of rotatable bonds is 3. The minimum absolute atomic E-state index is 0.00194. The average Bonchev–Trinajstić information content (AvgIpc) is 2.77. The van der Waals surface area contributed by atoms with Crippen LogP contribution in [0.25, 0.3) is 0 Å². The quantitative estimate of drug-likeness (QED) is 0.783.